The molecule has 2 aliphatic heterocycles. The molecule has 0 fully saturated rings. The summed E-state index contributed by atoms with van der Waals surface area (Å²) in [6, 6.07) is 23.2. The first-order valence-corrected chi connectivity index (χ1v) is 9.07. The lowest BCUT2D eigenvalue weighted by molar-refractivity contribution is 0.0540. The minimum atomic E-state index is -0.981. The number of ketones is 1. The standard InChI is InChI=1S/C23H16N2O3/c26-20-16-10-4-5-11-17(16)23(28)25-19-13-7-6-12-18(19)22(27)24(21(20)25)14-15-8-2-1-3-9-15/h1-13,21H,14H2. The molecule has 136 valence electrons. The third-order valence-electron chi connectivity index (χ3n) is 5.27. The molecule has 0 N–H and O–H groups in total. The average Bonchev–Trinajstić information content (AvgIpc) is 2.75. The summed E-state index contributed by atoms with van der Waals surface area (Å²) in [6.45, 7) is 0.246. The lowest BCUT2D eigenvalue weighted by Gasteiger charge is -2.45. The largest absolute Gasteiger partial charge is 0.306 e. The first-order chi connectivity index (χ1) is 13.7. The molecule has 3 aromatic carbocycles. The van der Waals surface area contributed by atoms with Crippen molar-refractivity contribution in [3.63, 3.8) is 0 Å². The number of fused-ring (bicyclic) bond motifs is 4. The van der Waals surface area contributed by atoms with Gasteiger partial charge in [0, 0.05) is 12.1 Å². The van der Waals surface area contributed by atoms with Gasteiger partial charge in [-0.05, 0) is 23.8 Å². The SMILES string of the molecule is O=C1c2ccccc2C(=O)N2c3ccccc3C(=O)N(Cc3ccccc3)C12. The Morgan fingerprint density at radius 1 is 0.643 bits per heavy atom. The van der Waals surface area contributed by atoms with Crippen LogP contribution < -0.4 is 4.90 Å². The molecule has 0 spiro atoms. The number of nitrogens with zero attached hydrogens (tertiary/aromatic N) is 2. The number of para-hydroxylation sites is 1. The lowest BCUT2D eigenvalue weighted by atomic mass is 9.91. The van der Waals surface area contributed by atoms with Gasteiger partial charge in [-0.1, -0.05) is 60.7 Å². The van der Waals surface area contributed by atoms with E-state index in [1.807, 2.05) is 30.3 Å². The van der Waals surface area contributed by atoms with E-state index in [2.05, 4.69) is 0 Å². The zero-order valence-corrected chi connectivity index (χ0v) is 14.9. The highest BCUT2D eigenvalue weighted by atomic mass is 16.2. The van der Waals surface area contributed by atoms with Crippen LogP contribution in [0.1, 0.15) is 36.6 Å². The first kappa shape index (κ1) is 16.4. The Bertz CT molecular complexity index is 1120. The smallest absolute Gasteiger partial charge is 0.261 e. The molecule has 0 saturated carbocycles. The predicted molar refractivity (Wildman–Crippen MR) is 104 cm³/mol. The van der Waals surface area contributed by atoms with Gasteiger partial charge < -0.3 is 4.90 Å². The Kier molecular flexibility index (Phi) is 3.62. The number of anilines is 1. The molecule has 5 nitrogen and oxygen atoms in total. The number of benzene rings is 3. The number of amides is 2. The van der Waals surface area contributed by atoms with Gasteiger partial charge in [0.1, 0.15) is 0 Å². The first-order valence-electron chi connectivity index (χ1n) is 9.07. The molecule has 0 aromatic heterocycles. The van der Waals surface area contributed by atoms with E-state index in [1.165, 1.54) is 9.80 Å². The second kappa shape index (κ2) is 6.16. The normalized spacial score (nSPS) is 17.9. The number of hydrogen-bond donors (Lipinski definition) is 0. The molecular weight excluding hydrogens is 352 g/mol. The predicted octanol–water partition coefficient (Wildman–Crippen LogP) is 3.51. The third-order valence-corrected chi connectivity index (χ3v) is 5.27. The Morgan fingerprint density at radius 2 is 1.25 bits per heavy atom. The van der Waals surface area contributed by atoms with E-state index in [-0.39, 0.29) is 24.1 Å². The second-order valence-corrected chi connectivity index (χ2v) is 6.89. The van der Waals surface area contributed by atoms with Crippen LogP contribution in [0.4, 0.5) is 5.69 Å². The number of rotatable bonds is 2. The molecule has 28 heavy (non-hydrogen) atoms. The van der Waals surface area contributed by atoms with E-state index in [1.54, 1.807) is 48.5 Å². The molecule has 0 saturated heterocycles. The minimum absolute atomic E-state index is 0.242. The Balaban J connectivity index is 1.71. The third kappa shape index (κ3) is 2.29. The number of hydrogen-bond acceptors (Lipinski definition) is 3. The summed E-state index contributed by atoms with van der Waals surface area (Å²) in [5.41, 5.74) is 2.53. The summed E-state index contributed by atoms with van der Waals surface area (Å²) >= 11 is 0. The van der Waals surface area contributed by atoms with Gasteiger partial charge in [-0.3, -0.25) is 19.3 Å². The van der Waals surface area contributed by atoms with Crippen LogP contribution in [0.3, 0.4) is 0 Å². The molecule has 0 radical (unpaired) electrons. The van der Waals surface area contributed by atoms with Crippen molar-refractivity contribution in [1.82, 2.24) is 4.90 Å². The van der Waals surface area contributed by atoms with Crippen molar-refractivity contribution >= 4 is 23.3 Å². The van der Waals surface area contributed by atoms with Crippen LogP contribution in [0.15, 0.2) is 78.9 Å². The molecule has 0 aliphatic carbocycles. The van der Waals surface area contributed by atoms with Crippen molar-refractivity contribution in [3.8, 4) is 0 Å². The summed E-state index contributed by atoms with van der Waals surface area (Å²) in [4.78, 5) is 42.9. The Hall–Kier alpha value is -3.73. The fourth-order valence-electron chi connectivity index (χ4n) is 3.97. The van der Waals surface area contributed by atoms with Crippen LogP contribution in [-0.2, 0) is 6.54 Å². The fraction of sp³-hybridized carbons (Fsp3) is 0.0870. The van der Waals surface area contributed by atoms with Crippen molar-refractivity contribution in [1.29, 1.82) is 0 Å². The van der Waals surface area contributed by atoms with Crippen LogP contribution in [0, 0.1) is 0 Å². The summed E-state index contributed by atoms with van der Waals surface area (Å²) < 4.78 is 0. The number of carbonyl (C=O) groups is 3. The summed E-state index contributed by atoms with van der Waals surface area (Å²) in [5.74, 6) is -0.756. The van der Waals surface area contributed by atoms with E-state index in [0.717, 1.165) is 5.56 Å². The quantitative estimate of drug-likeness (QED) is 0.696. The Labute approximate surface area is 161 Å². The minimum Gasteiger partial charge on any atom is -0.306 e. The molecule has 2 aliphatic rings. The molecule has 2 amide bonds. The van der Waals surface area contributed by atoms with Gasteiger partial charge in [-0.25, -0.2) is 0 Å². The molecule has 3 aromatic rings. The van der Waals surface area contributed by atoms with Gasteiger partial charge in [0.2, 0.25) is 5.78 Å². The monoisotopic (exact) mass is 368 g/mol. The average molecular weight is 368 g/mol. The molecular formula is C23H16N2O3. The molecule has 1 unspecified atom stereocenters. The van der Waals surface area contributed by atoms with Gasteiger partial charge in [0.15, 0.2) is 6.17 Å². The second-order valence-electron chi connectivity index (χ2n) is 6.89. The van der Waals surface area contributed by atoms with Gasteiger partial charge in [-0.2, -0.15) is 0 Å². The van der Waals surface area contributed by atoms with E-state index in [9.17, 15) is 14.4 Å². The van der Waals surface area contributed by atoms with Crippen molar-refractivity contribution in [2.45, 2.75) is 12.7 Å². The van der Waals surface area contributed by atoms with Crippen molar-refractivity contribution < 1.29 is 14.4 Å². The molecule has 5 heteroatoms. The zero-order chi connectivity index (χ0) is 19.3. The maximum absolute atomic E-state index is 13.4. The zero-order valence-electron chi connectivity index (χ0n) is 14.9. The van der Waals surface area contributed by atoms with Crippen molar-refractivity contribution in [3.05, 3.63) is 101 Å². The molecule has 1 atom stereocenters. The van der Waals surface area contributed by atoms with Gasteiger partial charge >= 0.3 is 0 Å². The van der Waals surface area contributed by atoms with Crippen LogP contribution >= 0.6 is 0 Å². The highest BCUT2D eigenvalue weighted by Crippen LogP contribution is 2.37. The fourth-order valence-corrected chi connectivity index (χ4v) is 3.97. The van der Waals surface area contributed by atoms with Crippen molar-refractivity contribution in [2.75, 3.05) is 4.90 Å². The summed E-state index contributed by atoms with van der Waals surface area (Å²) in [5, 5.41) is 0. The van der Waals surface area contributed by atoms with E-state index in [4.69, 9.17) is 0 Å². The number of Topliss-reactive ketones (excluding diaryl/α,β-unsaturated/α-hetero) is 1. The van der Waals surface area contributed by atoms with Crippen LogP contribution in [-0.4, -0.2) is 28.7 Å². The summed E-state index contributed by atoms with van der Waals surface area (Å²) in [6.07, 6.45) is -0.981. The topological polar surface area (TPSA) is 57.7 Å². The van der Waals surface area contributed by atoms with Crippen molar-refractivity contribution in [2.24, 2.45) is 0 Å². The van der Waals surface area contributed by atoms with E-state index in [0.29, 0.717) is 22.4 Å². The highest BCUT2D eigenvalue weighted by molar-refractivity contribution is 6.25. The molecule has 0 bridgehead atoms. The van der Waals surface area contributed by atoms with E-state index >= 15 is 0 Å². The maximum atomic E-state index is 13.4. The lowest BCUT2D eigenvalue weighted by Crippen LogP contribution is -2.62. The number of carbonyl (C=O) groups excluding carboxylic acids is 3. The molecule has 5 rings (SSSR count). The van der Waals surface area contributed by atoms with Crippen LogP contribution in [0.5, 0.6) is 0 Å². The van der Waals surface area contributed by atoms with E-state index < -0.39 is 6.17 Å². The summed E-state index contributed by atoms with van der Waals surface area (Å²) in [7, 11) is 0. The Morgan fingerprint density at radius 3 is 2.00 bits per heavy atom. The van der Waals surface area contributed by atoms with Gasteiger partial charge in [0.25, 0.3) is 11.8 Å². The van der Waals surface area contributed by atoms with Crippen LogP contribution in [0.25, 0.3) is 0 Å². The maximum Gasteiger partial charge on any atom is 0.261 e. The molecule has 2 heterocycles. The van der Waals surface area contributed by atoms with Crippen LogP contribution in [0.2, 0.25) is 0 Å². The van der Waals surface area contributed by atoms with Gasteiger partial charge in [0.05, 0.1) is 16.8 Å². The highest BCUT2D eigenvalue weighted by Gasteiger charge is 2.48. The van der Waals surface area contributed by atoms with Gasteiger partial charge in [-0.15, -0.1) is 0 Å².